The zero-order chi connectivity index (χ0) is 29.6. The second-order valence-electron chi connectivity index (χ2n) is 14.1. The number of aliphatic hydroxyl groups excluding tert-OH is 1. The maximum Gasteiger partial charge on any atom is 0.311 e. The van der Waals surface area contributed by atoms with E-state index in [9.17, 15) is 9.90 Å². The second-order valence-corrected chi connectivity index (χ2v) is 14.1. The zero-order valence-electron chi connectivity index (χ0n) is 26.5. The van der Waals surface area contributed by atoms with Crippen LogP contribution in [0.25, 0.3) is 0 Å². The molecule has 0 radical (unpaired) electrons. The Kier molecular flexibility index (Phi) is 12.3. The molecule has 0 spiro atoms. The van der Waals surface area contributed by atoms with Crippen LogP contribution in [0.4, 0.5) is 0 Å². The molecule has 3 aliphatic heterocycles. The maximum atomic E-state index is 12.0. The molecule has 3 fully saturated rings. The Morgan fingerprint density at radius 3 is 2.40 bits per heavy atom. The Balaban J connectivity index is 1.46. The van der Waals surface area contributed by atoms with Crippen LogP contribution in [0.2, 0.25) is 0 Å². The van der Waals surface area contributed by atoms with E-state index in [0.717, 1.165) is 68.9 Å². The molecule has 6 nitrogen and oxygen atoms in total. The number of carbonyl (C=O) groups is 1. The first kappa shape index (κ1) is 33.3. The summed E-state index contributed by atoms with van der Waals surface area (Å²) in [5, 5.41) is 10.2. The molecule has 0 aromatic heterocycles. The fraction of sp³-hybridized carbons (Fsp3) is 0.853. The summed E-state index contributed by atoms with van der Waals surface area (Å²) >= 11 is 0. The summed E-state index contributed by atoms with van der Waals surface area (Å²) in [7, 11) is 0. The number of aliphatic hydroxyl groups is 1. The van der Waals surface area contributed by atoms with Gasteiger partial charge in [-0.05, 0) is 94.6 Å². The second kappa shape index (κ2) is 14.8. The lowest BCUT2D eigenvalue weighted by atomic mass is 9.81. The quantitative estimate of drug-likeness (QED) is 0.147. The lowest BCUT2D eigenvalue weighted by Gasteiger charge is -2.38. The van der Waals surface area contributed by atoms with E-state index in [4.69, 9.17) is 18.9 Å². The van der Waals surface area contributed by atoms with Crippen LogP contribution in [-0.4, -0.2) is 60.9 Å². The minimum Gasteiger partial charge on any atom is -0.465 e. The monoisotopic (exact) mass is 562 g/mol. The van der Waals surface area contributed by atoms with E-state index in [1.54, 1.807) is 0 Å². The van der Waals surface area contributed by atoms with Gasteiger partial charge in [0, 0.05) is 18.9 Å². The minimum absolute atomic E-state index is 0.00290. The normalized spacial score (nSPS) is 35.8. The summed E-state index contributed by atoms with van der Waals surface area (Å²) in [6, 6.07) is 0. The lowest BCUT2D eigenvalue weighted by Crippen LogP contribution is -2.38. The van der Waals surface area contributed by atoms with Crippen molar-refractivity contribution in [3.63, 3.8) is 0 Å². The average molecular weight is 563 g/mol. The van der Waals surface area contributed by atoms with E-state index in [2.05, 4.69) is 40.9 Å². The van der Waals surface area contributed by atoms with Gasteiger partial charge in [0.1, 0.15) is 0 Å². The van der Waals surface area contributed by atoms with Crippen molar-refractivity contribution in [2.75, 3.05) is 13.2 Å². The molecule has 2 unspecified atom stereocenters. The van der Waals surface area contributed by atoms with E-state index in [-0.39, 0.29) is 55.1 Å². The molecule has 6 heteroatoms. The van der Waals surface area contributed by atoms with Gasteiger partial charge in [-0.25, -0.2) is 0 Å². The fourth-order valence-corrected chi connectivity index (χ4v) is 6.53. The van der Waals surface area contributed by atoms with E-state index in [1.165, 1.54) is 0 Å². The first-order chi connectivity index (χ1) is 18.8. The Morgan fingerprint density at radius 1 is 1.05 bits per heavy atom. The first-order valence-corrected chi connectivity index (χ1v) is 15.9. The van der Waals surface area contributed by atoms with E-state index >= 15 is 0 Å². The molecule has 3 saturated heterocycles. The Morgan fingerprint density at radius 2 is 1.75 bits per heavy atom. The Hall–Kier alpha value is -1.21. The van der Waals surface area contributed by atoms with Crippen LogP contribution >= 0.6 is 0 Å². The van der Waals surface area contributed by atoms with E-state index in [1.807, 2.05) is 20.8 Å². The van der Waals surface area contributed by atoms with Gasteiger partial charge in [-0.3, -0.25) is 4.79 Å². The number of ether oxygens (including phenoxy) is 4. The highest BCUT2D eigenvalue weighted by molar-refractivity contribution is 5.75. The van der Waals surface area contributed by atoms with Gasteiger partial charge in [0.25, 0.3) is 0 Å². The van der Waals surface area contributed by atoms with Gasteiger partial charge in [-0.15, -0.1) is 0 Å². The number of esters is 1. The summed E-state index contributed by atoms with van der Waals surface area (Å²) in [6.45, 7) is 23.9. The summed E-state index contributed by atoms with van der Waals surface area (Å²) in [5.41, 5.74) is 1.85. The van der Waals surface area contributed by atoms with Crippen LogP contribution < -0.4 is 0 Å². The molecule has 0 aromatic rings. The van der Waals surface area contributed by atoms with Crippen molar-refractivity contribution in [3.05, 3.63) is 24.3 Å². The van der Waals surface area contributed by atoms with E-state index in [0.29, 0.717) is 24.4 Å². The molecule has 0 saturated carbocycles. The molecule has 0 amide bonds. The predicted octanol–water partition coefficient (Wildman–Crippen LogP) is 7.04. The van der Waals surface area contributed by atoms with Gasteiger partial charge in [0.15, 0.2) is 0 Å². The SMILES string of the molecule is C=C1C[C@H](CCCOC(=O)C(C)(C)C)OC1CC[C@H]1C[C@@H](C)C(=C)C(C[C@@H]2O[C@H](C[C@H](C)CC)[C@H](C)[C@H]2CO)O1. The highest BCUT2D eigenvalue weighted by Gasteiger charge is 2.44. The van der Waals surface area contributed by atoms with Crippen LogP contribution in [0.1, 0.15) is 106 Å². The van der Waals surface area contributed by atoms with Crippen molar-refractivity contribution >= 4 is 5.97 Å². The van der Waals surface area contributed by atoms with Gasteiger partial charge < -0.3 is 24.1 Å². The molecule has 3 aliphatic rings. The molecule has 0 aliphatic carbocycles. The summed E-state index contributed by atoms with van der Waals surface area (Å²) in [5.74, 6) is 1.34. The molecular formula is C34H58O6. The topological polar surface area (TPSA) is 74.2 Å². The highest BCUT2D eigenvalue weighted by atomic mass is 16.5. The van der Waals surface area contributed by atoms with Crippen LogP contribution in [0.5, 0.6) is 0 Å². The van der Waals surface area contributed by atoms with Crippen molar-refractivity contribution < 1.29 is 28.8 Å². The van der Waals surface area contributed by atoms with Gasteiger partial charge >= 0.3 is 5.97 Å². The highest BCUT2D eigenvalue weighted by Crippen LogP contribution is 2.41. The predicted molar refractivity (Wildman–Crippen MR) is 160 cm³/mol. The molecule has 40 heavy (non-hydrogen) atoms. The molecule has 10 atom stereocenters. The third kappa shape index (κ3) is 8.89. The number of rotatable bonds is 13. The van der Waals surface area contributed by atoms with Crippen LogP contribution in [0.15, 0.2) is 24.3 Å². The summed E-state index contributed by atoms with van der Waals surface area (Å²) in [6.07, 6.45) is 8.81. The van der Waals surface area contributed by atoms with E-state index < -0.39 is 5.41 Å². The van der Waals surface area contributed by atoms with Crippen LogP contribution in [0.3, 0.4) is 0 Å². The number of carbonyl (C=O) groups excluding carboxylic acids is 1. The molecule has 230 valence electrons. The molecule has 0 bridgehead atoms. The zero-order valence-corrected chi connectivity index (χ0v) is 26.5. The van der Waals surface area contributed by atoms with Gasteiger partial charge in [0.2, 0.25) is 0 Å². The maximum absolute atomic E-state index is 12.0. The van der Waals surface area contributed by atoms with Crippen molar-refractivity contribution in [1.29, 1.82) is 0 Å². The van der Waals surface area contributed by atoms with Crippen molar-refractivity contribution in [2.45, 2.75) is 143 Å². The number of hydrogen-bond acceptors (Lipinski definition) is 6. The molecule has 3 heterocycles. The lowest BCUT2D eigenvalue weighted by molar-refractivity contribution is -0.153. The van der Waals surface area contributed by atoms with Crippen molar-refractivity contribution in [1.82, 2.24) is 0 Å². The summed E-state index contributed by atoms with van der Waals surface area (Å²) < 4.78 is 25.0. The molecular weight excluding hydrogens is 504 g/mol. The Bertz CT molecular complexity index is 846. The van der Waals surface area contributed by atoms with Crippen molar-refractivity contribution in [2.24, 2.45) is 29.1 Å². The van der Waals surface area contributed by atoms with Crippen molar-refractivity contribution in [3.8, 4) is 0 Å². The summed E-state index contributed by atoms with van der Waals surface area (Å²) in [4.78, 5) is 12.0. The standard InChI is InChI=1S/C34H58O6/c1-10-21(2)16-30-25(6)28(20-35)32(40-30)19-31-24(5)22(3)17-27(39-31)13-14-29-23(4)18-26(38-29)12-11-15-37-33(36)34(7,8)9/h21-22,25-32,35H,4-5,10-20H2,1-3,6-9H3/t21-,22-,25-,26+,27+,28-,29?,30-,31?,32+/m1/s1. The minimum atomic E-state index is -0.466. The average Bonchev–Trinajstić information content (AvgIpc) is 3.39. The fourth-order valence-electron chi connectivity index (χ4n) is 6.53. The molecule has 3 rings (SSSR count). The number of hydrogen-bond donors (Lipinski definition) is 1. The third-order valence-corrected chi connectivity index (χ3v) is 9.67. The molecule has 1 N–H and O–H groups in total. The first-order valence-electron chi connectivity index (χ1n) is 15.9. The molecule has 0 aromatic carbocycles. The van der Waals surface area contributed by atoms with Gasteiger partial charge in [-0.2, -0.15) is 0 Å². The third-order valence-electron chi connectivity index (χ3n) is 9.67. The van der Waals surface area contributed by atoms with Gasteiger partial charge in [0.05, 0.1) is 48.6 Å². The van der Waals surface area contributed by atoms with Crippen LogP contribution in [-0.2, 0) is 23.7 Å². The van der Waals surface area contributed by atoms with Gasteiger partial charge in [-0.1, -0.05) is 47.3 Å². The van der Waals surface area contributed by atoms with Crippen LogP contribution in [0, 0.1) is 29.1 Å². The Labute approximate surface area is 244 Å². The smallest absolute Gasteiger partial charge is 0.311 e. The largest absolute Gasteiger partial charge is 0.465 e.